The SMILES string of the molecule is O=C(O)C1CCN(C(=O)CCS(=O)c2ccc3c(c2)OCCO3)CC1. The van der Waals surface area contributed by atoms with Crippen LogP contribution in [-0.2, 0) is 20.4 Å². The van der Waals surface area contributed by atoms with Crippen LogP contribution in [0.3, 0.4) is 0 Å². The Kier molecular flexibility index (Phi) is 5.57. The topological polar surface area (TPSA) is 93.1 Å². The van der Waals surface area contributed by atoms with Crippen LogP contribution in [0.15, 0.2) is 23.1 Å². The van der Waals surface area contributed by atoms with Gasteiger partial charge in [0.2, 0.25) is 5.91 Å². The van der Waals surface area contributed by atoms with Gasteiger partial charge in [0.25, 0.3) is 0 Å². The average Bonchev–Trinajstić information content (AvgIpc) is 2.65. The molecule has 1 amide bonds. The molecule has 2 heterocycles. The number of carboxylic acids is 1. The molecule has 1 saturated heterocycles. The highest BCUT2D eigenvalue weighted by molar-refractivity contribution is 7.85. The van der Waals surface area contributed by atoms with Gasteiger partial charge in [-0.2, -0.15) is 0 Å². The molecule has 1 N–H and O–H groups in total. The van der Waals surface area contributed by atoms with E-state index in [-0.39, 0.29) is 24.0 Å². The lowest BCUT2D eigenvalue weighted by Crippen LogP contribution is -2.40. The lowest BCUT2D eigenvalue weighted by atomic mass is 9.97. The molecule has 2 aliphatic heterocycles. The van der Waals surface area contributed by atoms with Crippen LogP contribution in [0.2, 0.25) is 0 Å². The Morgan fingerprint density at radius 2 is 1.84 bits per heavy atom. The quantitative estimate of drug-likeness (QED) is 0.843. The van der Waals surface area contributed by atoms with E-state index in [2.05, 4.69) is 0 Å². The maximum Gasteiger partial charge on any atom is 0.306 e. The molecule has 136 valence electrons. The summed E-state index contributed by atoms with van der Waals surface area (Å²) in [5.74, 6) is 0.220. The van der Waals surface area contributed by atoms with Crippen LogP contribution < -0.4 is 9.47 Å². The third kappa shape index (κ3) is 4.31. The Balaban J connectivity index is 1.50. The van der Waals surface area contributed by atoms with Crippen LogP contribution in [0.5, 0.6) is 11.5 Å². The van der Waals surface area contributed by atoms with Crippen molar-refractivity contribution in [1.82, 2.24) is 4.90 Å². The molecule has 1 aromatic rings. The molecule has 1 atom stereocenters. The van der Waals surface area contributed by atoms with Crippen molar-refractivity contribution in [3.05, 3.63) is 18.2 Å². The van der Waals surface area contributed by atoms with Crippen LogP contribution in [0, 0.1) is 5.92 Å². The number of aliphatic carboxylic acids is 1. The van der Waals surface area contributed by atoms with Gasteiger partial charge in [0.1, 0.15) is 13.2 Å². The second-order valence-electron chi connectivity index (χ2n) is 6.10. The number of amides is 1. The van der Waals surface area contributed by atoms with E-state index in [9.17, 15) is 13.8 Å². The lowest BCUT2D eigenvalue weighted by Gasteiger charge is -2.30. The number of carbonyl (C=O) groups is 2. The Morgan fingerprint density at radius 3 is 2.52 bits per heavy atom. The lowest BCUT2D eigenvalue weighted by molar-refractivity contribution is -0.145. The van der Waals surface area contributed by atoms with E-state index >= 15 is 0 Å². The van der Waals surface area contributed by atoms with Crippen LogP contribution in [0.25, 0.3) is 0 Å². The molecule has 0 aromatic heterocycles. The minimum absolute atomic E-state index is 0.0743. The van der Waals surface area contributed by atoms with E-state index < -0.39 is 16.8 Å². The van der Waals surface area contributed by atoms with E-state index in [0.29, 0.717) is 55.5 Å². The van der Waals surface area contributed by atoms with Gasteiger partial charge in [-0.3, -0.25) is 13.8 Å². The van der Waals surface area contributed by atoms with Gasteiger partial charge in [-0.15, -0.1) is 0 Å². The van der Waals surface area contributed by atoms with E-state index in [1.54, 1.807) is 23.1 Å². The molecule has 25 heavy (non-hydrogen) atoms. The normalized spacial score (nSPS) is 18.6. The van der Waals surface area contributed by atoms with Gasteiger partial charge < -0.3 is 19.5 Å². The van der Waals surface area contributed by atoms with Crippen molar-refractivity contribution in [2.45, 2.75) is 24.2 Å². The summed E-state index contributed by atoms with van der Waals surface area (Å²) in [5, 5.41) is 8.99. The maximum atomic E-state index is 12.4. The first-order chi connectivity index (χ1) is 12.0. The van der Waals surface area contributed by atoms with Crippen molar-refractivity contribution >= 4 is 22.7 Å². The zero-order valence-corrected chi connectivity index (χ0v) is 14.6. The summed E-state index contributed by atoms with van der Waals surface area (Å²) in [7, 11) is -1.30. The summed E-state index contributed by atoms with van der Waals surface area (Å²) in [6, 6.07) is 5.17. The third-order valence-corrected chi connectivity index (χ3v) is 5.83. The average molecular weight is 367 g/mol. The standard InChI is InChI=1S/C17H21NO6S/c19-16(18-6-3-12(4-7-18)17(20)21)5-10-25(22)13-1-2-14-15(11-13)24-9-8-23-14/h1-2,11-12H,3-10H2,(H,20,21). The predicted molar refractivity (Wildman–Crippen MR) is 90.3 cm³/mol. The van der Waals surface area contributed by atoms with E-state index in [0.717, 1.165) is 0 Å². The molecule has 7 nitrogen and oxygen atoms in total. The van der Waals surface area contributed by atoms with Crippen molar-refractivity contribution in [2.24, 2.45) is 5.92 Å². The van der Waals surface area contributed by atoms with Crippen molar-refractivity contribution in [3.8, 4) is 11.5 Å². The van der Waals surface area contributed by atoms with E-state index in [1.165, 1.54) is 0 Å². The zero-order chi connectivity index (χ0) is 17.8. The van der Waals surface area contributed by atoms with Crippen molar-refractivity contribution in [1.29, 1.82) is 0 Å². The monoisotopic (exact) mass is 367 g/mol. The highest BCUT2D eigenvalue weighted by Crippen LogP contribution is 2.31. The molecule has 0 bridgehead atoms. The zero-order valence-electron chi connectivity index (χ0n) is 13.8. The summed E-state index contributed by atoms with van der Waals surface area (Å²) < 4.78 is 23.3. The number of benzene rings is 1. The summed E-state index contributed by atoms with van der Waals surface area (Å²) in [5.41, 5.74) is 0. The third-order valence-electron chi connectivity index (χ3n) is 4.47. The molecule has 1 unspecified atom stereocenters. The number of ether oxygens (including phenoxy) is 2. The Hall–Kier alpha value is -2.09. The Labute approximate surface area is 148 Å². The number of rotatable bonds is 5. The molecule has 0 radical (unpaired) electrons. The second-order valence-corrected chi connectivity index (χ2v) is 7.67. The van der Waals surface area contributed by atoms with E-state index in [1.807, 2.05) is 0 Å². The van der Waals surface area contributed by atoms with Crippen LogP contribution in [0.4, 0.5) is 0 Å². The molecular formula is C17H21NO6S. The first-order valence-corrected chi connectivity index (χ1v) is 9.65. The molecule has 0 aliphatic carbocycles. The van der Waals surface area contributed by atoms with Gasteiger partial charge >= 0.3 is 5.97 Å². The molecule has 3 rings (SSSR count). The fraction of sp³-hybridized carbons (Fsp3) is 0.529. The highest BCUT2D eigenvalue weighted by Gasteiger charge is 2.27. The van der Waals surface area contributed by atoms with Gasteiger partial charge in [0.15, 0.2) is 11.5 Å². The predicted octanol–water partition coefficient (Wildman–Crippen LogP) is 1.28. The number of fused-ring (bicyclic) bond motifs is 1. The largest absolute Gasteiger partial charge is 0.486 e. The molecule has 1 fully saturated rings. The number of carboxylic acid groups (broad SMARTS) is 1. The van der Waals surface area contributed by atoms with Crippen LogP contribution in [-0.4, -0.2) is 58.1 Å². The first kappa shape index (κ1) is 17.7. The summed E-state index contributed by atoms with van der Waals surface area (Å²) in [6.07, 6.45) is 1.14. The summed E-state index contributed by atoms with van der Waals surface area (Å²) >= 11 is 0. The molecule has 0 spiro atoms. The van der Waals surface area contributed by atoms with Crippen LogP contribution in [0.1, 0.15) is 19.3 Å². The van der Waals surface area contributed by atoms with Gasteiger partial charge in [-0.25, -0.2) is 0 Å². The van der Waals surface area contributed by atoms with Crippen molar-refractivity contribution in [2.75, 3.05) is 32.1 Å². The number of hydrogen-bond donors (Lipinski definition) is 1. The summed E-state index contributed by atoms with van der Waals surface area (Å²) in [6.45, 7) is 1.87. The molecule has 1 aromatic carbocycles. The van der Waals surface area contributed by atoms with Gasteiger partial charge in [0, 0.05) is 36.2 Å². The summed E-state index contributed by atoms with van der Waals surface area (Å²) in [4.78, 5) is 25.5. The van der Waals surface area contributed by atoms with Gasteiger partial charge in [0.05, 0.1) is 16.7 Å². The Morgan fingerprint density at radius 1 is 1.16 bits per heavy atom. The second kappa shape index (κ2) is 7.86. The Bertz CT molecular complexity index is 684. The fourth-order valence-corrected chi connectivity index (χ4v) is 4.05. The van der Waals surface area contributed by atoms with Gasteiger partial charge in [-0.1, -0.05) is 0 Å². The number of piperidine rings is 1. The first-order valence-electron chi connectivity index (χ1n) is 8.33. The van der Waals surface area contributed by atoms with Crippen molar-refractivity contribution in [3.63, 3.8) is 0 Å². The number of carbonyl (C=O) groups excluding carboxylic acids is 1. The van der Waals surface area contributed by atoms with Crippen LogP contribution >= 0.6 is 0 Å². The molecule has 0 saturated carbocycles. The van der Waals surface area contributed by atoms with Crippen molar-refractivity contribution < 1.29 is 28.4 Å². The molecular weight excluding hydrogens is 346 g/mol. The fourth-order valence-electron chi connectivity index (χ4n) is 3.00. The smallest absolute Gasteiger partial charge is 0.306 e. The van der Waals surface area contributed by atoms with E-state index in [4.69, 9.17) is 14.6 Å². The minimum atomic E-state index is -1.30. The number of nitrogens with zero attached hydrogens (tertiary/aromatic N) is 1. The highest BCUT2D eigenvalue weighted by atomic mass is 32.2. The number of hydrogen-bond acceptors (Lipinski definition) is 5. The number of likely N-dealkylation sites (tertiary alicyclic amines) is 1. The minimum Gasteiger partial charge on any atom is -0.486 e. The maximum absolute atomic E-state index is 12.4. The van der Waals surface area contributed by atoms with Gasteiger partial charge in [-0.05, 0) is 25.0 Å². The molecule has 2 aliphatic rings. The molecule has 8 heteroatoms.